The molecule has 0 heterocycles. The zero-order chi connectivity index (χ0) is 21.7. The maximum absolute atomic E-state index is 12.0. The average Bonchev–Trinajstić information content (AvgIpc) is 2.59. The fraction of sp³-hybridized carbons (Fsp3) is 0.571. The Balaban J connectivity index is 4.67. The lowest BCUT2D eigenvalue weighted by Crippen LogP contribution is -2.51. The van der Waals surface area contributed by atoms with Crippen molar-refractivity contribution in [2.75, 3.05) is 19.6 Å². The molecule has 0 aromatic heterocycles. The number of nitrogens with two attached hydrogens (primary N) is 3. The first-order valence-electron chi connectivity index (χ1n) is 8.12. The Bertz CT molecular complexity index is 619. The Morgan fingerprint density at radius 3 is 2.07 bits per heavy atom. The van der Waals surface area contributed by atoms with Gasteiger partial charge in [-0.2, -0.15) is 0 Å². The van der Waals surface area contributed by atoms with Gasteiger partial charge in [-0.05, 0) is 12.8 Å². The smallest absolute Gasteiger partial charge is 0.322 e. The number of carbonyl (C=O) groups excluding carboxylic acids is 3. The average molecular weight is 403 g/mol. The number of rotatable bonds is 13. The first kappa shape index (κ1) is 24.6. The molecule has 0 aliphatic heterocycles. The van der Waals surface area contributed by atoms with Crippen molar-refractivity contribution in [2.24, 2.45) is 22.2 Å². The van der Waals surface area contributed by atoms with E-state index in [1.165, 1.54) is 0 Å². The van der Waals surface area contributed by atoms with E-state index in [0.717, 1.165) is 0 Å². The Morgan fingerprint density at radius 1 is 0.929 bits per heavy atom. The Kier molecular flexibility index (Phi) is 11.3. The molecule has 0 spiro atoms. The number of aliphatic imine (C=N–C) groups is 1. The van der Waals surface area contributed by atoms with Crippen LogP contribution in [0.3, 0.4) is 0 Å². The summed E-state index contributed by atoms with van der Waals surface area (Å²) in [6.45, 7) is -1.01. The van der Waals surface area contributed by atoms with Gasteiger partial charge in [0.05, 0.1) is 19.0 Å². The van der Waals surface area contributed by atoms with E-state index in [4.69, 9.17) is 27.4 Å². The van der Waals surface area contributed by atoms with E-state index in [9.17, 15) is 24.0 Å². The van der Waals surface area contributed by atoms with E-state index < -0.39 is 61.3 Å². The lowest BCUT2D eigenvalue weighted by Gasteiger charge is -2.18. The summed E-state index contributed by atoms with van der Waals surface area (Å²) in [4.78, 5) is 60.3. The summed E-state index contributed by atoms with van der Waals surface area (Å²) in [6, 6.07) is -2.43. The molecular formula is C14H25N7O7. The van der Waals surface area contributed by atoms with Crippen molar-refractivity contribution in [3.63, 3.8) is 0 Å². The van der Waals surface area contributed by atoms with Crippen molar-refractivity contribution in [1.82, 2.24) is 16.0 Å². The molecule has 0 fully saturated rings. The Labute approximate surface area is 159 Å². The number of hydrogen-bond acceptors (Lipinski definition) is 7. The second-order valence-corrected chi connectivity index (χ2v) is 5.60. The zero-order valence-electron chi connectivity index (χ0n) is 15.0. The number of carboxylic acid groups (broad SMARTS) is 2. The standard InChI is InChI=1S/C14H25N7O7/c15-7(4-10(23)24)12(27)19-5-9(22)21-8(2-1-3-18-14(16)17)13(28)20-6-11(25)26/h7-8H,1-6,15H2,(H,19,27)(H,20,28)(H,21,22)(H,23,24)(H,25,26)(H4,16,17,18). The van der Waals surface area contributed by atoms with E-state index in [2.05, 4.69) is 20.9 Å². The molecule has 0 radical (unpaired) electrons. The number of aliphatic carboxylic acids is 2. The highest BCUT2D eigenvalue weighted by Crippen LogP contribution is 1.99. The van der Waals surface area contributed by atoms with Gasteiger partial charge in [0.25, 0.3) is 0 Å². The molecule has 0 aromatic rings. The number of carbonyl (C=O) groups is 5. The second-order valence-electron chi connectivity index (χ2n) is 5.60. The van der Waals surface area contributed by atoms with Gasteiger partial charge in [0.15, 0.2) is 5.96 Å². The zero-order valence-corrected chi connectivity index (χ0v) is 15.0. The summed E-state index contributed by atoms with van der Waals surface area (Å²) in [5.41, 5.74) is 15.7. The van der Waals surface area contributed by atoms with Crippen LogP contribution in [0, 0.1) is 0 Å². The predicted molar refractivity (Wildman–Crippen MR) is 95.7 cm³/mol. The van der Waals surface area contributed by atoms with Gasteiger partial charge < -0.3 is 43.4 Å². The molecule has 3 amide bonds. The van der Waals surface area contributed by atoms with Gasteiger partial charge in [-0.1, -0.05) is 0 Å². The quantitative estimate of drug-likeness (QED) is 0.0832. The molecule has 158 valence electrons. The van der Waals surface area contributed by atoms with Crippen LogP contribution in [0.4, 0.5) is 0 Å². The van der Waals surface area contributed by atoms with Crippen LogP contribution < -0.4 is 33.2 Å². The maximum Gasteiger partial charge on any atom is 0.322 e. The van der Waals surface area contributed by atoms with Crippen molar-refractivity contribution in [3.8, 4) is 0 Å². The summed E-state index contributed by atoms with van der Waals surface area (Å²) in [5, 5.41) is 23.8. The number of guanidine groups is 1. The Morgan fingerprint density at radius 2 is 1.54 bits per heavy atom. The van der Waals surface area contributed by atoms with Gasteiger partial charge >= 0.3 is 11.9 Å². The monoisotopic (exact) mass is 403 g/mol. The van der Waals surface area contributed by atoms with Crippen molar-refractivity contribution >= 4 is 35.6 Å². The summed E-state index contributed by atoms with van der Waals surface area (Å²) < 4.78 is 0. The van der Waals surface area contributed by atoms with Gasteiger partial charge in [-0.3, -0.25) is 29.0 Å². The largest absolute Gasteiger partial charge is 0.481 e. The third-order valence-corrected chi connectivity index (χ3v) is 3.17. The van der Waals surface area contributed by atoms with Gasteiger partial charge in [-0.15, -0.1) is 0 Å². The normalized spacial score (nSPS) is 12.2. The summed E-state index contributed by atoms with van der Waals surface area (Å²) >= 11 is 0. The Hall–Kier alpha value is -3.42. The molecule has 0 rings (SSSR count). The molecule has 14 heteroatoms. The lowest BCUT2D eigenvalue weighted by atomic mass is 10.1. The third kappa shape index (κ3) is 12.0. The topological polar surface area (TPSA) is 252 Å². The van der Waals surface area contributed by atoms with Crippen LogP contribution in [-0.2, 0) is 24.0 Å². The van der Waals surface area contributed by atoms with Gasteiger partial charge in [0.2, 0.25) is 17.7 Å². The molecule has 0 aliphatic carbocycles. The molecule has 2 unspecified atom stereocenters. The highest BCUT2D eigenvalue weighted by atomic mass is 16.4. The summed E-state index contributed by atoms with van der Waals surface area (Å²) in [6.07, 6.45) is -0.210. The number of hydrogen-bond donors (Lipinski definition) is 8. The first-order chi connectivity index (χ1) is 13.0. The lowest BCUT2D eigenvalue weighted by molar-refractivity contribution is -0.139. The molecule has 11 N–H and O–H groups in total. The second kappa shape index (κ2) is 12.9. The maximum atomic E-state index is 12.0. The fourth-order valence-corrected chi connectivity index (χ4v) is 1.88. The highest BCUT2D eigenvalue weighted by molar-refractivity contribution is 5.92. The van der Waals surface area contributed by atoms with Crippen molar-refractivity contribution in [1.29, 1.82) is 0 Å². The van der Waals surface area contributed by atoms with E-state index in [-0.39, 0.29) is 18.9 Å². The van der Waals surface area contributed by atoms with Crippen LogP contribution in [0.2, 0.25) is 0 Å². The van der Waals surface area contributed by atoms with Gasteiger partial charge in [-0.25, -0.2) is 0 Å². The van der Waals surface area contributed by atoms with E-state index in [1.807, 2.05) is 0 Å². The van der Waals surface area contributed by atoms with Crippen LogP contribution in [0.5, 0.6) is 0 Å². The molecule has 0 aliphatic rings. The molecule has 28 heavy (non-hydrogen) atoms. The van der Waals surface area contributed by atoms with Gasteiger partial charge in [0.1, 0.15) is 12.6 Å². The fourth-order valence-electron chi connectivity index (χ4n) is 1.88. The summed E-state index contributed by atoms with van der Waals surface area (Å²) in [5.74, 6) is -5.03. The van der Waals surface area contributed by atoms with Crippen LogP contribution >= 0.6 is 0 Å². The predicted octanol–water partition coefficient (Wildman–Crippen LogP) is -4.36. The molecular weight excluding hydrogens is 378 g/mol. The van der Waals surface area contributed by atoms with Crippen molar-refractivity contribution in [2.45, 2.75) is 31.3 Å². The molecule has 2 atom stereocenters. The highest BCUT2D eigenvalue weighted by Gasteiger charge is 2.22. The molecule has 0 saturated heterocycles. The van der Waals surface area contributed by atoms with Crippen LogP contribution in [0.1, 0.15) is 19.3 Å². The van der Waals surface area contributed by atoms with Crippen LogP contribution in [-0.4, -0.2) is 77.6 Å². The van der Waals surface area contributed by atoms with Crippen molar-refractivity contribution < 1.29 is 34.2 Å². The van der Waals surface area contributed by atoms with Crippen molar-refractivity contribution in [3.05, 3.63) is 0 Å². The molecule has 0 bridgehead atoms. The first-order valence-corrected chi connectivity index (χ1v) is 8.12. The number of amides is 3. The summed E-state index contributed by atoms with van der Waals surface area (Å²) in [7, 11) is 0. The van der Waals surface area contributed by atoms with E-state index in [0.29, 0.717) is 6.42 Å². The minimum Gasteiger partial charge on any atom is -0.481 e. The van der Waals surface area contributed by atoms with Gasteiger partial charge in [0, 0.05) is 6.54 Å². The SMILES string of the molecule is NC(N)=NCCCC(NC(=O)CNC(=O)C(N)CC(=O)O)C(=O)NCC(=O)O. The van der Waals surface area contributed by atoms with E-state index in [1.54, 1.807) is 0 Å². The number of nitrogens with zero attached hydrogens (tertiary/aromatic N) is 1. The molecule has 0 aromatic carbocycles. The molecule has 14 nitrogen and oxygen atoms in total. The number of nitrogens with one attached hydrogen (secondary N) is 3. The third-order valence-electron chi connectivity index (χ3n) is 3.17. The minimum atomic E-state index is -1.33. The van der Waals surface area contributed by atoms with E-state index >= 15 is 0 Å². The van der Waals surface area contributed by atoms with Crippen LogP contribution in [0.15, 0.2) is 4.99 Å². The van der Waals surface area contributed by atoms with Crippen LogP contribution in [0.25, 0.3) is 0 Å². The number of carboxylic acids is 2. The molecule has 0 saturated carbocycles. The minimum absolute atomic E-state index is 0.0977.